The van der Waals surface area contributed by atoms with E-state index in [1.54, 1.807) is 49.6 Å². The Bertz CT molecular complexity index is 2270. The maximum Gasteiger partial charge on any atom is 0.417 e. The van der Waals surface area contributed by atoms with Crippen LogP contribution in [0.2, 0.25) is 0 Å². The highest BCUT2D eigenvalue weighted by Gasteiger charge is 2.37. The van der Waals surface area contributed by atoms with E-state index in [1.807, 2.05) is 24.3 Å². The first-order valence-electron chi connectivity index (χ1n) is 18.1. The lowest BCUT2D eigenvalue weighted by atomic mass is 10.1. The number of imidazole rings is 1. The molecule has 16 heteroatoms. The van der Waals surface area contributed by atoms with E-state index >= 15 is 0 Å². The Morgan fingerprint density at radius 1 is 1.02 bits per heavy atom. The van der Waals surface area contributed by atoms with Gasteiger partial charge in [-0.1, -0.05) is 40.2 Å². The number of fused-ring (bicyclic) bond motifs is 1. The molecule has 1 N–H and O–H groups in total. The summed E-state index contributed by atoms with van der Waals surface area (Å²) in [6.45, 7) is 7.07. The SMILES string of the molecule is C[C@H](COc1ccc(-n2c(C(=O)NCc3ccccc3-c3ncccn3)c3n(c2=O)C[C@@H](C)N(C(=O)c2ccc(Br)c(C(F)(F)F)c2)C3)cc1)N1CCOCC1. The fourth-order valence-electron chi connectivity index (χ4n) is 7.02. The van der Waals surface area contributed by atoms with E-state index < -0.39 is 35.3 Å². The van der Waals surface area contributed by atoms with Gasteiger partial charge in [-0.15, -0.1) is 0 Å². The highest BCUT2D eigenvalue weighted by Crippen LogP contribution is 2.36. The maximum absolute atomic E-state index is 14.4. The number of alkyl halides is 3. The number of nitrogens with zero attached hydrogens (tertiary/aromatic N) is 6. The topological polar surface area (TPSA) is 124 Å². The molecule has 0 radical (unpaired) electrons. The van der Waals surface area contributed by atoms with Crippen molar-refractivity contribution >= 4 is 27.7 Å². The van der Waals surface area contributed by atoms with Crippen LogP contribution in [0.5, 0.6) is 5.75 Å². The van der Waals surface area contributed by atoms with Gasteiger partial charge in [0, 0.05) is 66.3 Å². The molecule has 0 unspecified atom stereocenters. The van der Waals surface area contributed by atoms with Crippen LogP contribution >= 0.6 is 15.9 Å². The van der Waals surface area contributed by atoms with Gasteiger partial charge in [-0.05, 0) is 67.9 Å². The Labute approximate surface area is 329 Å². The Morgan fingerprint density at radius 2 is 1.73 bits per heavy atom. The number of hydrogen-bond acceptors (Lipinski definition) is 8. The maximum atomic E-state index is 14.4. The van der Waals surface area contributed by atoms with Crippen molar-refractivity contribution in [3.05, 3.63) is 128 Å². The number of halogens is 4. The van der Waals surface area contributed by atoms with Crippen LogP contribution in [0.25, 0.3) is 17.1 Å². The molecule has 0 bridgehead atoms. The molecule has 2 aliphatic heterocycles. The number of hydrogen-bond donors (Lipinski definition) is 1. The van der Waals surface area contributed by atoms with Crippen molar-refractivity contribution in [2.24, 2.45) is 0 Å². The van der Waals surface area contributed by atoms with Gasteiger partial charge in [-0.3, -0.25) is 23.6 Å². The first-order valence-corrected chi connectivity index (χ1v) is 18.9. The van der Waals surface area contributed by atoms with Gasteiger partial charge in [0.2, 0.25) is 0 Å². The Morgan fingerprint density at radius 3 is 2.45 bits per heavy atom. The van der Waals surface area contributed by atoms with Crippen molar-refractivity contribution in [2.45, 2.75) is 51.7 Å². The number of amides is 2. The highest BCUT2D eigenvalue weighted by molar-refractivity contribution is 9.10. The summed E-state index contributed by atoms with van der Waals surface area (Å²) >= 11 is 2.94. The summed E-state index contributed by atoms with van der Waals surface area (Å²) in [7, 11) is 0. The monoisotopic (exact) mass is 833 g/mol. The summed E-state index contributed by atoms with van der Waals surface area (Å²) in [6, 6.07) is 18.7. The molecule has 2 aromatic heterocycles. The zero-order valence-corrected chi connectivity index (χ0v) is 32.2. The summed E-state index contributed by atoms with van der Waals surface area (Å²) < 4.78 is 55.5. The van der Waals surface area contributed by atoms with Crippen LogP contribution in [0, 0.1) is 0 Å². The van der Waals surface area contributed by atoms with Gasteiger partial charge >= 0.3 is 11.9 Å². The molecule has 0 saturated carbocycles. The summed E-state index contributed by atoms with van der Waals surface area (Å²) in [5, 5.41) is 2.95. The number of carbonyl (C=O) groups is 2. The molecule has 4 heterocycles. The predicted molar refractivity (Wildman–Crippen MR) is 204 cm³/mol. The van der Waals surface area contributed by atoms with E-state index in [2.05, 4.69) is 43.0 Å². The van der Waals surface area contributed by atoms with Gasteiger partial charge in [-0.25, -0.2) is 14.8 Å². The lowest BCUT2D eigenvalue weighted by Crippen LogP contribution is -2.47. The summed E-state index contributed by atoms with van der Waals surface area (Å²) in [6.07, 6.45) is -1.45. The lowest BCUT2D eigenvalue weighted by Gasteiger charge is -2.34. The second kappa shape index (κ2) is 16.4. The molecule has 3 aromatic carbocycles. The number of carbonyl (C=O) groups excluding carboxylic acids is 2. The average molecular weight is 835 g/mol. The Balaban J connectivity index is 1.22. The van der Waals surface area contributed by atoms with Crippen molar-refractivity contribution in [3.8, 4) is 22.8 Å². The van der Waals surface area contributed by atoms with Crippen molar-refractivity contribution in [1.82, 2.24) is 34.2 Å². The number of rotatable bonds is 10. The standard InChI is InChI=1S/C40H39BrF3N7O5/c1-25-22-50-34(23-49(25)38(53)27-8-13-33(41)32(20-27)40(42,43)44)35(37(52)47-21-28-6-3-4-7-31(28)36-45-14-5-15-46-36)51(39(50)54)29-9-11-30(12-10-29)56-24-26(2)48-16-18-55-19-17-48/h3-15,20,25-26H,16-19,21-24H2,1-2H3,(H,47,52)/t25-,26-/m1/s1. The van der Waals surface area contributed by atoms with Crippen LogP contribution in [-0.4, -0.2) is 85.7 Å². The fraction of sp³-hybridized carbons (Fsp3) is 0.325. The van der Waals surface area contributed by atoms with Gasteiger partial charge in [-0.2, -0.15) is 13.2 Å². The van der Waals surface area contributed by atoms with Crippen molar-refractivity contribution in [1.29, 1.82) is 0 Å². The number of morpholine rings is 1. The third-order valence-corrected chi connectivity index (χ3v) is 10.7. The number of aromatic nitrogens is 4. The van der Waals surface area contributed by atoms with Crippen molar-refractivity contribution < 1.29 is 32.2 Å². The quantitative estimate of drug-likeness (QED) is 0.183. The van der Waals surface area contributed by atoms with Crippen LogP contribution in [-0.2, 0) is 30.5 Å². The molecule has 2 atom stereocenters. The van der Waals surface area contributed by atoms with Gasteiger partial charge in [0.15, 0.2) is 5.82 Å². The van der Waals surface area contributed by atoms with Crippen molar-refractivity contribution in [3.63, 3.8) is 0 Å². The zero-order valence-electron chi connectivity index (χ0n) is 30.6. The number of benzene rings is 3. The van der Waals surface area contributed by atoms with E-state index in [0.717, 1.165) is 24.7 Å². The molecule has 56 heavy (non-hydrogen) atoms. The minimum absolute atomic E-state index is 0.00461. The van der Waals surface area contributed by atoms with Crippen LogP contribution in [0.15, 0.2) is 94.5 Å². The second-order valence-electron chi connectivity index (χ2n) is 13.7. The third-order valence-electron chi connectivity index (χ3n) is 10.1. The first-order chi connectivity index (χ1) is 26.9. The average Bonchev–Trinajstić information content (AvgIpc) is 3.49. The molecular weight excluding hydrogens is 795 g/mol. The van der Waals surface area contributed by atoms with E-state index in [-0.39, 0.29) is 47.1 Å². The fourth-order valence-corrected chi connectivity index (χ4v) is 7.50. The van der Waals surface area contributed by atoms with Gasteiger partial charge in [0.1, 0.15) is 18.1 Å². The predicted octanol–water partition coefficient (Wildman–Crippen LogP) is 5.95. The van der Waals surface area contributed by atoms with E-state index in [9.17, 15) is 27.6 Å². The minimum Gasteiger partial charge on any atom is -0.492 e. The van der Waals surface area contributed by atoms with Crippen LogP contribution < -0.4 is 15.7 Å². The molecule has 12 nitrogen and oxygen atoms in total. The smallest absolute Gasteiger partial charge is 0.417 e. The van der Waals surface area contributed by atoms with Crippen LogP contribution in [0.3, 0.4) is 0 Å². The minimum atomic E-state index is -4.70. The number of ether oxygens (including phenoxy) is 2. The number of nitrogens with one attached hydrogen (secondary N) is 1. The van der Waals surface area contributed by atoms with Crippen molar-refractivity contribution in [2.75, 3.05) is 32.9 Å². The van der Waals surface area contributed by atoms with Gasteiger partial charge in [0.05, 0.1) is 36.7 Å². The molecule has 1 fully saturated rings. The van der Waals surface area contributed by atoms with E-state index in [0.29, 0.717) is 42.6 Å². The van der Waals surface area contributed by atoms with Gasteiger partial charge < -0.3 is 19.7 Å². The largest absolute Gasteiger partial charge is 0.492 e. The van der Waals surface area contributed by atoms with Crippen LogP contribution in [0.4, 0.5) is 13.2 Å². The Hall–Kier alpha value is -5.32. The third kappa shape index (κ3) is 8.13. The summed E-state index contributed by atoms with van der Waals surface area (Å²) in [4.78, 5) is 54.9. The highest BCUT2D eigenvalue weighted by atomic mass is 79.9. The molecule has 0 spiro atoms. The molecular formula is C40H39BrF3N7O5. The molecule has 2 aliphatic rings. The molecule has 2 amide bonds. The molecule has 0 aliphatic carbocycles. The molecule has 292 valence electrons. The van der Waals surface area contributed by atoms with Crippen LogP contribution in [0.1, 0.15) is 51.5 Å². The molecule has 7 rings (SSSR count). The normalized spacial score (nSPS) is 16.6. The van der Waals surface area contributed by atoms with E-state index in [4.69, 9.17) is 9.47 Å². The lowest BCUT2D eigenvalue weighted by molar-refractivity contribution is -0.138. The summed E-state index contributed by atoms with van der Waals surface area (Å²) in [5.74, 6) is -0.209. The second-order valence-corrected chi connectivity index (χ2v) is 14.6. The summed E-state index contributed by atoms with van der Waals surface area (Å²) in [5.41, 5.74) is 0.402. The Kier molecular flexibility index (Phi) is 11.4. The van der Waals surface area contributed by atoms with Gasteiger partial charge in [0.25, 0.3) is 11.8 Å². The molecule has 1 saturated heterocycles. The molecule has 5 aromatic rings. The van der Waals surface area contributed by atoms with E-state index in [1.165, 1.54) is 26.2 Å². The zero-order chi connectivity index (χ0) is 39.6. The first kappa shape index (κ1) is 38.9.